The number of hydrogen-bond donors (Lipinski definition) is 1. The van der Waals surface area contributed by atoms with E-state index in [1.807, 2.05) is 4.90 Å². The molecule has 1 amide bonds. The van der Waals surface area contributed by atoms with Crippen molar-refractivity contribution in [3.05, 3.63) is 0 Å². The van der Waals surface area contributed by atoms with Gasteiger partial charge in [-0.25, -0.2) is 0 Å². The quantitative estimate of drug-likeness (QED) is 0.792. The topological polar surface area (TPSA) is 62.2 Å². The molecule has 1 aliphatic carbocycles. The minimum Gasteiger partial charge on any atom is -0.379 e. The van der Waals surface area contributed by atoms with Crippen molar-refractivity contribution in [3.63, 3.8) is 0 Å². The van der Waals surface area contributed by atoms with Gasteiger partial charge in [0.2, 0.25) is 0 Å². The van der Waals surface area contributed by atoms with Crippen LogP contribution in [0.3, 0.4) is 0 Å². The highest BCUT2D eigenvalue weighted by Crippen LogP contribution is 2.33. The lowest BCUT2D eigenvalue weighted by atomic mass is 9.86. The number of carbonyl (C=O) groups is 1. The Hall–Kier alpha value is -0.690. The highest BCUT2D eigenvalue weighted by Gasteiger charge is 2.46. The van der Waals surface area contributed by atoms with Gasteiger partial charge in [0.25, 0.3) is 5.91 Å². The molecule has 0 bridgehead atoms. The van der Waals surface area contributed by atoms with Gasteiger partial charge in [-0.15, -0.1) is 0 Å². The van der Waals surface area contributed by atoms with Gasteiger partial charge in [0.15, 0.2) is 11.4 Å². The molecule has 0 aromatic rings. The first-order valence-corrected chi connectivity index (χ1v) is 11.1. The largest absolute Gasteiger partial charge is 0.379 e. The molecule has 0 aromatic heterocycles. The molecule has 1 spiro atoms. The van der Waals surface area contributed by atoms with Crippen molar-refractivity contribution in [2.45, 2.75) is 75.6 Å². The molecule has 1 atom stereocenters. The monoisotopic (exact) mass is 380 g/mol. The lowest BCUT2D eigenvalue weighted by Crippen LogP contribution is -2.60. The van der Waals surface area contributed by atoms with Gasteiger partial charge >= 0.3 is 0 Å². The van der Waals surface area contributed by atoms with Gasteiger partial charge in [-0.3, -0.25) is 9.69 Å². The second-order valence-electron chi connectivity index (χ2n) is 9.10. The molecule has 4 rings (SSSR count). The number of rotatable bonds is 5. The Kier molecular flexibility index (Phi) is 6.07. The third kappa shape index (κ3) is 4.50. The Bertz CT molecular complexity index is 506. The molecule has 6 heteroatoms. The lowest BCUT2D eigenvalue weighted by molar-refractivity contribution is -0.190. The van der Waals surface area contributed by atoms with Crippen LogP contribution in [0.15, 0.2) is 0 Å². The molecule has 1 saturated carbocycles. The average molecular weight is 381 g/mol. The van der Waals surface area contributed by atoms with E-state index in [0.717, 1.165) is 57.8 Å². The summed E-state index contributed by atoms with van der Waals surface area (Å²) in [6.07, 6.45) is 10.9. The number of ether oxygens (including phenoxy) is 2. The average Bonchev–Trinajstić information content (AvgIpc) is 3.14. The van der Waals surface area contributed by atoms with Crippen molar-refractivity contribution in [1.82, 2.24) is 9.80 Å². The van der Waals surface area contributed by atoms with Gasteiger partial charge in [0.1, 0.15) is 0 Å². The molecule has 0 radical (unpaired) electrons. The van der Waals surface area contributed by atoms with E-state index in [1.54, 1.807) is 0 Å². The normalized spacial score (nSPS) is 33.1. The Morgan fingerprint density at radius 3 is 2.37 bits per heavy atom. The summed E-state index contributed by atoms with van der Waals surface area (Å²) in [6, 6.07) is 0. The SMILES string of the molecule is O=C1N(CCC2CCCCC2)CCCC1(O)CN1CCC2(CC1)OCCO2. The van der Waals surface area contributed by atoms with Gasteiger partial charge < -0.3 is 19.5 Å². The van der Waals surface area contributed by atoms with Crippen LogP contribution in [0.1, 0.15) is 64.2 Å². The molecular weight excluding hydrogens is 344 g/mol. The first-order chi connectivity index (χ1) is 13.1. The third-order valence-corrected chi connectivity index (χ3v) is 7.15. The fourth-order valence-electron chi connectivity index (χ4n) is 5.45. The number of piperidine rings is 2. The zero-order chi connectivity index (χ0) is 18.7. The molecular formula is C21H36N2O4. The molecule has 1 N–H and O–H groups in total. The third-order valence-electron chi connectivity index (χ3n) is 7.15. The van der Waals surface area contributed by atoms with Crippen LogP contribution < -0.4 is 0 Å². The number of nitrogens with zero attached hydrogens (tertiary/aromatic N) is 2. The number of amides is 1. The summed E-state index contributed by atoms with van der Waals surface area (Å²) in [5.41, 5.74) is -1.22. The van der Waals surface area contributed by atoms with Gasteiger partial charge in [-0.2, -0.15) is 0 Å². The van der Waals surface area contributed by atoms with E-state index in [0.29, 0.717) is 26.2 Å². The second-order valence-corrected chi connectivity index (χ2v) is 9.10. The highest BCUT2D eigenvalue weighted by atomic mass is 16.7. The number of aliphatic hydroxyl groups is 1. The van der Waals surface area contributed by atoms with Crippen molar-refractivity contribution in [3.8, 4) is 0 Å². The Morgan fingerprint density at radius 1 is 0.963 bits per heavy atom. The maximum atomic E-state index is 13.0. The summed E-state index contributed by atoms with van der Waals surface area (Å²) < 4.78 is 11.6. The Labute approximate surface area is 163 Å². The molecule has 4 fully saturated rings. The summed E-state index contributed by atoms with van der Waals surface area (Å²) >= 11 is 0. The fourth-order valence-corrected chi connectivity index (χ4v) is 5.45. The summed E-state index contributed by atoms with van der Waals surface area (Å²) in [5.74, 6) is 0.325. The summed E-state index contributed by atoms with van der Waals surface area (Å²) in [7, 11) is 0. The maximum absolute atomic E-state index is 13.0. The zero-order valence-electron chi connectivity index (χ0n) is 16.7. The van der Waals surface area contributed by atoms with Crippen LogP contribution in [0.25, 0.3) is 0 Å². The van der Waals surface area contributed by atoms with E-state index in [1.165, 1.54) is 32.1 Å². The van der Waals surface area contributed by atoms with Gasteiger partial charge in [0, 0.05) is 45.6 Å². The van der Waals surface area contributed by atoms with Crippen molar-refractivity contribution in [1.29, 1.82) is 0 Å². The van der Waals surface area contributed by atoms with Crippen LogP contribution in [-0.2, 0) is 14.3 Å². The van der Waals surface area contributed by atoms with Gasteiger partial charge in [-0.05, 0) is 25.2 Å². The number of carbonyl (C=O) groups excluding carboxylic acids is 1. The number of β-amino-alcohol motifs (C(OH)–C–C–N with tert-alkyl or cyclic N) is 1. The summed E-state index contributed by atoms with van der Waals surface area (Å²) in [5, 5.41) is 11.2. The van der Waals surface area contributed by atoms with Gasteiger partial charge in [0.05, 0.1) is 13.2 Å². The predicted octanol–water partition coefficient (Wildman–Crippen LogP) is 2.15. The van der Waals surface area contributed by atoms with Gasteiger partial charge in [-0.1, -0.05) is 32.1 Å². The van der Waals surface area contributed by atoms with Crippen molar-refractivity contribution < 1.29 is 19.4 Å². The number of likely N-dealkylation sites (tertiary alicyclic amines) is 2. The highest BCUT2D eigenvalue weighted by molar-refractivity contribution is 5.86. The Balaban J connectivity index is 1.28. The van der Waals surface area contributed by atoms with Crippen LogP contribution in [0.4, 0.5) is 0 Å². The summed E-state index contributed by atoms with van der Waals surface area (Å²) in [4.78, 5) is 17.2. The van der Waals surface area contributed by atoms with Crippen LogP contribution >= 0.6 is 0 Å². The molecule has 154 valence electrons. The van der Waals surface area contributed by atoms with Crippen molar-refractivity contribution >= 4 is 5.91 Å². The second kappa shape index (κ2) is 8.36. The predicted molar refractivity (Wildman–Crippen MR) is 102 cm³/mol. The zero-order valence-corrected chi connectivity index (χ0v) is 16.7. The van der Waals surface area contributed by atoms with Crippen LogP contribution in [-0.4, -0.2) is 78.1 Å². The standard InChI is InChI=1S/C21H36N2O4/c24-19-20(25,17-22-13-9-21(10-14-22)26-15-16-27-21)8-4-11-23(19)12-7-18-5-2-1-3-6-18/h18,25H,1-17H2. The van der Waals surface area contributed by atoms with E-state index < -0.39 is 11.4 Å². The van der Waals surface area contributed by atoms with Crippen LogP contribution in [0.2, 0.25) is 0 Å². The van der Waals surface area contributed by atoms with E-state index in [2.05, 4.69) is 4.90 Å². The van der Waals surface area contributed by atoms with E-state index in [-0.39, 0.29) is 5.91 Å². The molecule has 27 heavy (non-hydrogen) atoms. The molecule has 6 nitrogen and oxygen atoms in total. The summed E-state index contributed by atoms with van der Waals surface area (Å²) in [6.45, 7) is 5.06. The minimum atomic E-state index is -1.22. The first kappa shape index (κ1) is 19.6. The van der Waals surface area contributed by atoms with E-state index in [9.17, 15) is 9.90 Å². The molecule has 3 aliphatic heterocycles. The van der Waals surface area contributed by atoms with E-state index >= 15 is 0 Å². The fraction of sp³-hybridized carbons (Fsp3) is 0.952. The first-order valence-electron chi connectivity index (χ1n) is 11.1. The Morgan fingerprint density at radius 2 is 1.67 bits per heavy atom. The van der Waals surface area contributed by atoms with Crippen molar-refractivity contribution in [2.75, 3.05) is 45.9 Å². The van der Waals surface area contributed by atoms with Crippen LogP contribution in [0, 0.1) is 5.92 Å². The number of hydrogen-bond acceptors (Lipinski definition) is 5. The lowest BCUT2D eigenvalue weighted by Gasteiger charge is -2.44. The smallest absolute Gasteiger partial charge is 0.255 e. The molecule has 1 unspecified atom stereocenters. The molecule has 0 aromatic carbocycles. The minimum absolute atomic E-state index is 0.0433. The molecule has 4 aliphatic rings. The molecule has 3 heterocycles. The maximum Gasteiger partial charge on any atom is 0.255 e. The van der Waals surface area contributed by atoms with Crippen LogP contribution in [0.5, 0.6) is 0 Å². The van der Waals surface area contributed by atoms with E-state index in [4.69, 9.17) is 9.47 Å². The molecule has 3 saturated heterocycles. The van der Waals surface area contributed by atoms with Crippen molar-refractivity contribution in [2.24, 2.45) is 5.92 Å².